The molecule has 4 bridgehead atoms. The summed E-state index contributed by atoms with van der Waals surface area (Å²) in [5.41, 5.74) is 0. The molecule has 1 atom stereocenters. The van der Waals surface area contributed by atoms with E-state index < -0.39 is 16.1 Å². The van der Waals surface area contributed by atoms with Crippen LogP contribution in [0.25, 0.3) is 0 Å². The van der Waals surface area contributed by atoms with E-state index in [1.54, 1.807) is 6.92 Å². The molecule has 0 amide bonds. The van der Waals surface area contributed by atoms with Crippen molar-refractivity contribution < 1.29 is 8.42 Å². The standard InChI is InChI=1S/C13H20N2O2S/c1-8(7-14)15-18(16,17)13-11-3-9-2-10(5-11)6-12(13)4-9/h8-13,15H,2-6H2,1H3. The van der Waals surface area contributed by atoms with Crippen molar-refractivity contribution in [3.63, 3.8) is 0 Å². The van der Waals surface area contributed by atoms with Gasteiger partial charge in [0.1, 0.15) is 6.04 Å². The van der Waals surface area contributed by atoms with Crippen LogP contribution in [0.1, 0.15) is 39.0 Å². The van der Waals surface area contributed by atoms with Gasteiger partial charge >= 0.3 is 0 Å². The Morgan fingerprint density at radius 3 is 2.06 bits per heavy atom. The zero-order valence-corrected chi connectivity index (χ0v) is 11.5. The van der Waals surface area contributed by atoms with Gasteiger partial charge in [0, 0.05) is 0 Å². The monoisotopic (exact) mass is 268 g/mol. The van der Waals surface area contributed by atoms with E-state index in [0.717, 1.165) is 37.5 Å². The number of sulfonamides is 1. The largest absolute Gasteiger partial charge is 0.216 e. The summed E-state index contributed by atoms with van der Waals surface area (Å²) >= 11 is 0. The molecule has 4 fully saturated rings. The third-order valence-corrected chi connectivity index (χ3v) is 7.20. The Morgan fingerprint density at radius 2 is 1.61 bits per heavy atom. The van der Waals surface area contributed by atoms with Crippen LogP contribution in [0.15, 0.2) is 0 Å². The Bertz CT molecular complexity index is 452. The van der Waals surface area contributed by atoms with Gasteiger partial charge in [-0.1, -0.05) is 0 Å². The molecule has 0 spiro atoms. The lowest BCUT2D eigenvalue weighted by atomic mass is 9.56. The first-order valence-corrected chi connectivity index (χ1v) is 8.45. The maximum Gasteiger partial charge on any atom is 0.216 e. The van der Waals surface area contributed by atoms with Crippen molar-refractivity contribution in [2.24, 2.45) is 23.7 Å². The van der Waals surface area contributed by atoms with E-state index in [-0.39, 0.29) is 5.25 Å². The maximum atomic E-state index is 12.4. The van der Waals surface area contributed by atoms with Gasteiger partial charge in [0.25, 0.3) is 0 Å². The van der Waals surface area contributed by atoms with Gasteiger partial charge in [-0.05, 0) is 62.7 Å². The highest BCUT2D eigenvalue weighted by molar-refractivity contribution is 7.90. The van der Waals surface area contributed by atoms with Gasteiger partial charge in [-0.2, -0.15) is 9.98 Å². The third kappa shape index (κ3) is 1.96. The van der Waals surface area contributed by atoms with Crippen molar-refractivity contribution in [1.29, 1.82) is 5.26 Å². The fourth-order valence-electron chi connectivity index (χ4n) is 4.73. The van der Waals surface area contributed by atoms with E-state index >= 15 is 0 Å². The lowest BCUT2D eigenvalue weighted by Crippen LogP contribution is -2.55. The van der Waals surface area contributed by atoms with E-state index in [4.69, 9.17) is 5.26 Å². The van der Waals surface area contributed by atoms with Gasteiger partial charge in [-0.3, -0.25) is 0 Å². The van der Waals surface area contributed by atoms with Gasteiger partial charge in [0.2, 0.25) is 10.0 Å². The molecule has 0 aliphatic heterocycles. The summed E-state index contributed by atoms with van der Waals surface area (Å²) in [4.78, 5) is 0. The van der Waals surface area contributed by atoms with Gasteiger partial charge in [0.15, 0.2) is 0 Å². The minimum atomic E-state index is -3.33. The number of hydrogen-bond donors (Lipinski definition) is 1. The fraction of sp³-hybridized carbons (Fsp3) is 0.923. The van der Waals surface area contributed by atoms with E-state index in [1.807, 2.05) is 6.07 Å². The summed E-state index contributed by atoms with van der Waals surface area (Å²) in [6.45, 7) is 1.60. The van der Waals surface area contributed by atoms with Crippen molar-refractivity contribution in [2.75, 3.05) is 0 Å². The van der Waals surface area contributed by atoms with E-state index in [9.17, 15) is 8.42 Å². The van der Waals surface area contributed by atoms with Crippen molar-refractivity contribution in [3.05, 3.63) is 0 Å². The molecule has 4 aliphatic carbocycles. The predicted molar refractivity (Wildman–Crippen MR) is 68.0 cm³/mol. The second kappa shape index (κ2) is 4.21. The van der Waals surface area contributed by atoms with Crippen LogP contribution in [-0.4, -0.2) is 19.7 Å². The van der Waals surface area contributed by atoms with Crippen molar-refractivity contribution >= 4 is 10.0 Å². The van der Waals surface area contributed by atoms with Crippen molar-refractivity contribution in [1.82, 2.24) is 4.72 Å². The average molecular weight is 268 g/mol. The normalized spacial score (nSPS) is 43.7. The van der Waals surface area contributed by atoms with Crippen molar-refractivity contribution in [3.8, 4) is 6.07 Å². The summed E-state index contributed by atoms with van der Waals surface area (Å²) in [7, 11) is -3.33. The Balaban J connectivity index is 1.82. The lowest BCUT2D eigenvalue weighted by molar-refractivity contribution is 0.0234. The number of nitrogens with one attached hydrogen (secondary N) is 1. The molecule has 0 radical (unpaired) electrons. The molecular weight excluding hydrogens is 248 g/mol. The molecule has 0 heterocycles. The van der Waals surface area contributed by atoms with Crippen LogP contribution in [0.4, 0.5) is 0 Å². The van der Waals surface area contributed by atoms with Crippen LogP contribution < -0.4 is 4.72 Å². The van der Waals surface area contributed by atoms with Crippen LogP contribution in [0.5, 0.6) is 0 Å². The van der Waals surface area contributed by atoms with Crippen LogP contribution in [0.3, 0.4) is 0 Å². The Labute approximate surface area is 109 Å². The number of hydrogen-bond acceptors (Lipinski definition) is 3. The molecule has 1 N–H and O–H groups in total. The Hall–Kier alpha value is -0.600. The smallest absolute Gasteiger partial charge is 0.212 e. The zero-order chi connectivity index (χ0) is 12.9. The lowest BCUT2D eigenvalue weighted by Gasteiger charge is -2.53. The van der Waals surface area contributed by atoms with Gasteiger partial charge in [-0.15, -0.1) is 0 Å². The molecule has 4 rings (SSSR count). The maximum absolute atomic E-state index is 12.4. The molecule has 100 valence electrons. The highest BCUT2D eigenvalue weighted by Gasteiger charge is 2.53. The second-order valence-corrected chi connectivity index (χ2v) is 8.28. The van der Waals surface area contributed by atoms with E-state index in [2.05, 4.69) is 4.72 Å². The molecular formula is C13H20N2O2S. The highest BCUT2D eigenvalue weighted by Crippen LogP contribution is 2.55. The number of nitrogens with zero attached hydrogens (tertiary/aromatic N) is 1. The van der Waals surface area contributed by atoms with Crippen LogP contribution >= 0.6 is 0 Å². The predicted octanol–water partition coefficient (Wildman–Crippen LogP) is 1.64. The summed E-state index contributed by atoms with van der Waals surface area (Å²) in [5, 5.41) is 8.54. The quantitative estimate of drug-likeness (QED) is 0.846. The third-order valence-electron chi connectivity index (χ3n) is 5.03. The van der Waals surface area contributed by atoms with Crippen LogP contribution in [0.2, 0.25) is 0 Å². The molecule has 0 saturated heterocycles. The summed E-state index contributed by atoms with van der Waals surface area (Å²) in [6, 6.07) is 1.33. The number of rotatable bonds is 3. The minimum Gasteiger partial charge on any atom is -0.212 e. The average Bonchev–Trinajstić information content (AvgIpc) is 2.26. The van der Waals surface area contributed by atoms with Gasteiger partial charge < -0.3 is 0 Å². The molecule has 4 nitrogen and oxygen atoms in total. The van der Waals surface area contributed by atoms with E-state index in [0.29, 0.717) is 11.8 Å². The summed E-state index contributed by atoms with van der Waals surface area (Å²) in [6.07, 6.45) is 5.65. The first kappa shape index (κ1) is 12.4. The molecule has 0 aromatic carbocycles. The summed E-state index contributed by atoms with van der Waals surface area (Å²) < 4.78 is 27.4. The van der Waals surface area contributed by atoms with Crippen LogP contribution in [-0.2, 0) is 10.0 Å². The van der Waals surface area contributed by atoms with Crippen LogP contribution in [0, 0.1) is 35.0 Å². The number of nitriles is 1. The molecule has 0 aromatic heterocycles. The van der Waals surface area contributed by atoms with E-state index in [1.165, 1.54) is 6.42 Å². The second-order valence-electron chi connectivity index (χ2n) is 6.41. The SMILES string of the molecule is CC(C#N)NS(=O)(=O)C1C2CC3CC(C2)CC1C3. The first-order chi connectivity index (χ1) is 8.49. The fourth-order valence-corrected chi connectivity index (χ4v) is 6.89. The zero-order valence-electron chi connectivity index (χ0n) is 10.7. The first-order valence-electron chi connectivity index (χ1n) is 6.90. The highest BCUT2D eigenvalue weighted by atomic mass is 32.2. The van der Waals surface area contributed by atoms with Gasteiger partial charge in [0.05, 0.1) is 11.3 Å². The molecule has 18 heavy (non-hydrogen) atoms. The van der Waals surface area contributed by atoms with Gasteiger partial charge in [-0.25, -0.2) is 8.42 Å². The van der Waals surface area contributed by atoms with Crippen molar-refractivity contribution in [2.45, 2.75) is 50.3 Å². The summed E-state index contributed by atoms with van der Waals surface area (Å²) in [5.74, 6) is 2.22. The molecule has 4 aliphatic rings. The minimum absolute atomic E-state index is 0.235. The molecule has 5 heteroatoms. The molecule has 1 unspecified atom stereocenters. The topological polar surface area (TPSA) is 70.0 Å². The molecule has 4 saturated carbocycles. The Kier molecular flexibility index (Phi) is 2.91. The molecule has 0 aromatic rings. The Morgan fingerprint density at radius 1 is 1.11 bits per heavy atom.